The van der Waals surface area contributed by atoms with Gasteiger partial charge >= 0.3 is 0 Å². The number of benzene rings is 2. The number of nitrogens with zero attached hydrogens (tertiary/aromatic N) is 4. The van der Waals surface area contributed by atoms with Gasteiger partial charge in [0.25, 0.3) is 0 Å². The van der Waals surface area contributed by atoms with Crippen molar-refractivity contribution in [3.8, 4) is 5.82 Å². The van der Waals surface area contributed by atoms with Gasteiger partial charge in [-0.25, -0.2) is 0 Å². The van der Waals surface area contributed by atoms with Gasteiger partial charge in [0.05, 0.1) is 11.4 Å². The van der Waals surface area contributed by atoms with Crippen LogP contribution in [-0.2, 0) is 30.3 Å². The molecule has 1 N–H and O–H groups in total. The number of rotatable bonds is 2. The summed E-state index contributed by atoms with van der Waals surface area (Å²) in [4.78, 5) is 15.0. The number of carbonyl (C=O) groups is 1. The Kier molecular flexibility index (Phi) is 6.36. The van der Waals surface area contributed by atoms with Gasteiger partial charge in [-0.15, -0.1) is 0 Å². The van der Waals surface area contributed by atoms with E-state index in [9.17, 15) is 4.79 Å². The smallest absolute Gasteiger partial charge is 0.155 e. The third-order valence-corrected chi connectivity index (χ3v) is 8.87. The average molecular weight is 684 g/mol. The summed E-state index contributed by atoms with van der Waals surface area (Å²) in [7, 11) is 0. The molecule has 2 unspecified atom stereocenters. The van der Waals surface area contributed by atoms with Gasteiger partial charge in [-0.1, -0.05) is 69.3 Å². The molecule has 1 saturated carbocycles. The third-order valence-electron chi connectivity index (χ3n) is 8.87. The Labute approximate surface area is 235 Å². The molecule has 3 heterocycles. The van der Waals surface area contributed by atoms with Gasteiger partial charge in [0.15, 0.2) is 5.78 Å². The molecule has 2 aromatic carbocycles. The maximum absolute atomic E-state index is 10.0. The molecule has 0 spiro atoms. The Morgan fingerprint density at radius 2 is 1.76 bits per heavy atom. The topological polar surface area (TPSA) is 82.1 Å². The van der Waals surface area contributed by atoms with Gasteiger partial charge in [-0.3, -0.25) is 14.9 Å². The number of hydrogen-bond donors (Lipinski definition) is 1. The second-order valence-electron chi connectivity index (χ2n) is 11.2. The largest absolute Gasteiger partial charge is 0.512 e. The van der Waals surface area contributed by atoms with E-state index in [0.29, 0.717) is 5.92 Å². The Balaban J connectivity index is 0.000000329. The van der Waals surface area contributed by atoms with E-state index < -0.39 is 0 Å². The molecule has 7 heteroatoms. The van der Waals surface area contributed by atoms with Crippen LogP contribution < -0.4 is 5.10 Å². The molecule has 3 aromatic heterocycles. The fourth-order valence-corrected chi connectivity index (χ4v) is 6.72. The number of aromatic nitrogens is 4. The van der Waals surface area contributed by atoms with Crippen LogP contribution in [0.2, 0.25) is 0 Å². The van der Waals surface area contributed by atoms with E-state index in [-0.39, 0.29) is 42.5 Å². The third kappa shape index (κ3) is 3.59. The van der Waals surface area contributed by atoms with Crippen LogP contribution >= 0.6 is 0 Å². The van der Waals surface area contributed by atoms with E-state index in [1.165, 1.54) is 65.6 Å². The molecule has 0 aliphatic heterocycles. The maximum atomic E-state index is 10.0. The number of pyridine rings is 1. The van der Waals surface area contributed by atoms with E-state index in [0.717, 1.165) is 17.0 Å². The fourth-order valence-electron chi connectivity index (χ4n) is 6.72. The predicted octanol–water partition coefficient (Wildman–Crippen LogP) is 6.89. The number of allylic oxidation sites excluding steroid dienone is 2. The van der Waals surface area contributed by atoms with Crippen molar-refractivity contribution in [3.63, 3.8) is 0 Å². The van der Waals surface area contributed by atoms with Gasteiger partial charge in [0.2, 0.25) is 0 Å². The first-order chi connectivity index (χ1) is 17.6. The number of fused-ring (bicyclic) bond motifs is 10. The molecule has 38 heavy (non-hydrogen) atoms. The van der Waals surface area contributed by atoms with Crippen LogP contribution in [0.15, 0.2) is 66.6 Å². The van der Waals surface area contributed by atoms with Crippen molar-refractivity contribution in [2.45, 2.75) is 58.8 Å². The summed E-state index contributed by atoms with van der Waals surface area (Å²) in [6.07, 6.45) is 5.57. The van der Waals surface area contributed by atoms with Crippen molar-refractivity contribution < 1.29 is 30.0 Å². The zero-order chi connectivity index (χ0) is 26.1. The summed E-state index contributed by atoms with van der Waals surface area (Å²) >= 11 is 0. The van der Waals surface area contributed by atoms with Gasteiger partial charge in [-0.2, -0.15) is 0 Å². The van der Waals surface area contributed by atoms with Gasteiger partial charge in [0, 0.05) is 54.3 Å². The number of aliphatic hydroxyl groups excluding tert-OH is 1. The molecule has 1 fully saturated rings. The molecule has 6 nitrogen and oxygen atoms in total. The van der Waals surface area contributed by atoms with Crippen molar-refractivity contribution in [2.75, 3.05) is 0 Å². The Morgan fingerprint density at radius 1 is 1.08 bits per heavy atom. The standard InChI is InChI=1S/C26H23N4.C5H8O2.Ir/c1-25(2)18-12-13-26(25,3)22-21(18)24(29-28-22)30-19-11-7-6-10-17(19)20-16-9-5-4-8-15(16)14-27-23(20)30;1-4(6)3-5(2)7;/h4-11,14,18H,12-13H2,1-3H3;3,6H,1-2H3;/q-1;;/b;4-3-;. The Bertz CT molecular complexity index is 1740. The molecule has 0 amide bonds. The van der Waals surface area contributed by atoms with Gasteiger partial charge in [-0.05, 0) is 65.7 Å². The first-order valence-corrected chi connectivity index (χ1v) is 12.8. The molecule has 2 atom stereocenters. The molecule has 1 radical (unpaired) electrons. The van der Waals surface area contributed by atoms with Crippen molar-refractivity contribution in [1.29, 1.82) is 0 Å². The Morgan fingerprint density at radius 3 is 2.45 bits per heavy atom. The van der Waals surface area contributed by atoms with E-state index in [1.807, 2.05) is 6.20 Å². The van der Waals surface area contributed by atoms with Crippen LogP contribution in [0.25, 0.3) is 38.5 Å². The summed E-state index contributed by atoms with van der Waals surface area (Å²) in [5.41, 5.74) is 5.02. The summed E-state index contributed by atoms with van der Waals surface area (Å²) in [6.45, 7) is 10.1. The minimum absolute atomic E-state index is 0. The van der Waals surface area contributed by atoms with Gasteiger partial charge < -0.3 is 14.8 Å². The first kappa shape index (κ1) is 26.3. The summed E-state index contributed by atoms with van der Waals surface area (Å²) in [5.74, 6) is 1.42. The second kappa shape index (κ2) is 9.18. The quantitative estimate of drug-likeness (QED) is 0.162. The molecule has 2 bridgehead atoms. The maximum Gasteiger partial charge on any atom is 0.155 e. The summed E-state index contributed by atoms with van der Waals surface area (Å²) in [5, 5.41) is 22.8. The number of para-hydroxylation sites is 1. The van der Waals surface area contributed by atoms with Crippen LogP contribution in [0.1, 0.15) is 64.6 Å². The monoisotopic (exact) mass is 684 g/mol. The van der Waals surface area contributed by atoms with Crippen LogP contribution in [0, 0.1) is 5.41 Å². The number of ketones is 1. The normalized spacial score (nSPS) is 21.3. The van der Waals surface area contributed by atoms with Crippen LogP contribution in [0.5, 0.6) is 0 Å². The van der Waals surface area contributed by atoms with Crippen molar-refractivity contribution in [1.82, 2.24) is 19.7 Å². The van der Waals surface area contributed by atoms with Crippen LogP contribution in [0.3, 0.4) is 0 Å². The zero-order valence-corrected chi connectivity index (χ0v) is 24.6. The average Bonchev–Trinajstić information content (AvgIpc) is 3.53. The van der Waals surface area contributed by atoms with Crippen molar-refractivity contribution >= 4 is 38.5 Å². The molecule has 2 aliphatic rings. The molecule has 197 valence electrons. The second-order valence-corrected chi connectivity index (χ2v) is 11.2. The number of aliphatic hydroxyl groups is 1. The first-order valence-electron chi connectivity index (χ1n) is 12.8. The predicted molar refractivity (Wildman–Crippen MR) is 147 cm³/mol. The number of hydrogen-bond acceptors (Lipinski definition) is 4. The zero-order valence-electron chi connectivity index (χ0n) is 22.2. The Hall–Kier alpha value is -3.28. The summed E-state index contributed by atoms with van der Waals surface area (Å²) in [6, 6.07) is 17.1. The van der Waals surface area contributed by atoms with Crippen molar-refractivity contribution in [3.05, 3.63) is 77.8 Å². The van der Waals surface area contributed by atoms with Crippen LogP contribution in [-0.4, -0.2) is 25.5 Å². The van der Waals surface area contributed by atoms with E-state index in [1.54, 1.807) is 0 Å². The minimum atomic E-state index is -0.125. The number of carbonyl (C=O) groups excluding carboxylic acids is 1. The molecular weight excluding hydrogens is 653 g/mol. The summed E-state index contributed by atoms with van der Waals surface area (Å²) < 4.78 is 2.27. The van der Waals surface area contributed by atoms with E-state index in [2.05, 4.69) is 73.9 Å². The molecule has 5 aromatic rings. The van der Waals surface area contributed by atoms with Crippen molar-refractivity contribution in [2.24, 2.45) is 5.41 Å². The fraction of sp³-hybridized carbons (Fsp3) is 0.323. The molecule has 7 rings (SSSR count). The SMILES string of the molecule is CC(=O)/C=C(/C)O.CC12CCC(c3c1n[n-]c3-n1c3ccccc3c3c4ccccc4cnc31)C2(C)C.[Ir]. The van der Waals surface area contributed by atoms with Gasteiger partial charge in [0.1, 0.15) is 0 Å². The van der Waals surface area contributed by atoms with E-state index in [4.69, 9.17) is 20.3 Å². The van der Waals surface area contributed by atoms with Crippen LogP contribution in [0.4, 0.5) is 0 Å². The minimum Gasteiger partial charge on any atom is -0.512 e. The van der Waals surface area contributed by atoms with E-state index >= 15 is 0 Å². The molecule has 0 saturated heterocycles. The molecular formula is C31H31IrN4O2-. The molecule has 2 aliphatic carbocycles.